The van der Waals surface area contributed by atoms with Gasteiger partial charge >= 0.3 is 0 Å². The quantitative estimate of drug-likeness (QED) is 0.762. The highest BCUT2D eigenvalue weighted by Crippen LogP contribution is 2.33. The van der Waals surface area contributed by atoms with Gasteiger partial charge in [0.15, 0.2) is 0 Å². The summed E-state index contributed by atoms with van der Waals surface area (Å²) in [5, 5.41) is 3.04. The van der Waals surface area contributed by atoms with E-state index >= 15 is 0 Å². The molecule has 0 aliphatic heterocycles. The minimum absolute atomic E-state index is 0.0109. The van der Waals surface area contributed by atoms with Crippen LogP contribution in [0.4, 0.5) is 5.95 Å². The molecule has 1 aliphatic carbocycles. The molecule has 0 bridgehead atoms. The number of fused-ring (bicyclic) bond motifs is 1. The van der Waals surface area contributed by atoms with Crippen molar-refractivity contribution in [3.05, 3.63) is 40.8 Å². The number of aromatic nitrogens is 2. The number of rotatable bonds is 5. The molecule has 1 aliphatic rings. The van der Waals surface area contributed by atoms with Gasteiger partial charge in [0, 0.05) is 26.3 Å². The lowest BCUT2D eigenvalue weighted by Gasteiger charge is -2.15. The van der Waals surface area contributed by atoms with Gasteiger partial charge in [-0.15, -0.1) is 11.3 Å². The standard InChI is InChI=1S/C19H22N4OS/c1-12-4-8-14(9-5-12)23-18-15(21-19(23)22(2)3)10-16(25-18)17(24)20-11-13-6-7-13/h4-5,8-10,13H,6-7,11H2,1-3H3,(H,20,24). The number of carbonyl (C=O) groups excluding carboxylic acids is 1. The Bertz CT molecular complexity index is 919. The van der Waals surface area contributed by atoms with Gasteiger partial charge in [0.05, 0.1) is 4.88 Å². The fraction of sp³-hybridized carbons (Fsp3) is 0.368. The number of benzene rings is 1. The largest absolute Gasteiger partial charge is 0.351 e. The summed E-state index contributed by atoms with van der Waals surface area (Å²) >= 11 is 1.50. The van der Waals surface area contributed by atoms with Gasteiger partial charge in [-0.1, -0.05) is 17.7 Å². The number of hydrogen-bond donors (Lipinski definition) is 1. The molecule has 1 fully saturated rings. The topological polar surface area (TPSA) is 50.2 Å². The van der Waals surface area contributed by atoms with Crippen molar-refractivity contribution in [1.29, 1.82) is 0 Å². The van der Waals surface area contributed by atoms with Crippen LogP contribution in [0.1, 0.15) is 28.1 Å². The third-order valence-corrected chi connectivity index (χ3v) is 5.59. The molecule has 0 saturated heterocycles. The fourth-order valence-electron chi connectivity index (χ4n) is 2.85. The van der Waals surface area contributed by atoms with Gasteiger partial charge in [0.25, 0.3) is 5.91 Å². The van der Waals surface area contributed by atoms with Crippen molar-refractivity contribution >= 4 is 33.5 Å². The molecule has 25 heavy (non-hydrogen) atoms. The zero-order valence-corrected chi connectivity index (χ0v) is 15.6. The molecule has 3 aromatic rings. The first-order valence-electron chi connectivity index (χ1n) is 8.58. The van der Waals surface area contributed by atoms with Crippen LogP contribution < -0.4 is 10.2 Å². The minimum Gasteiger partial charge on any atom is -0.351 e. The van der Waals surface area contributed by atoms with Gasteiger partial charge in [0.2, 0.25) is 5.95 Å². The van der Waals surface area contributed by atoms with E-state index < -0.39 is 0 Å². The van der Waals surface area contributed by atoms with Crippen molar-refractivity contribution < 1.29 is 4.79 Å². The summed E-state index contributed by atoms with van der Waals surface area (Å²) in [5.41, 5.74) is 3.15. The molecule has 1 amide bonds. The van der Waals surface area contributed by atoms with Gasteiger partial charge in [-0.05, 0) is 43.9 Å². The summed E-state index contributed by atoms with van der Waals surface area (Å²) in [7, 11) is 3.97. The van der Waals surface area contributed by atoms with Crippen molar-refractivity contribution in [2.75, 3.05) is 25.5 Å². The summed E-state index contributed by atoms with van der Waals surface area (Å²) in [5.74, 6) is 1.56. The molecule has 2 heterocycles. The second-order valence-electron chi connectivity index (χ2n) is 6.93. The van der Waals surface area contributed by atoms with Crippen molar-refractivity contribution in [2.45, 2.75) is 19.8 Å². The molecular formula is C19H22N4OS. The third kappa shape index (κ3) is 3.14. The van der Waals surface area contributed by atoms with E-state index in [-0.39, 0.29) is 5.91 Å². The van der Waals surface area contributed by atoms with Gasteiger partial charge < -0.3 is 10.2 Å². The highest BCUT2D eigenvalue weighted by molar-refractivity contribution is 7.20. The molecule has 0 unspecified atom stereocenters. The Labute approximate surface area is 151 Å². The van der Waals surface area contributed by atoms with Gasteiger partial charge in [0.1, 0.15) is 10.3 Å². The number of imidazole rings is 1. The number of anilines is 1. The lowest BCUT2D eigenvalue weighted by Crippen LogP contribution is -2.24. The highest BCUT2D eigenvalue weighted by atomic mass is 32.1. The number of aryl methyl sites for hydroxylation is 1. The Morgan fingerprint density at radius 3 is 2.68 bits per heavy atom. The number of nitrogens with zero attached hydrogens (tertiary/aromatic N) is 3. The van der Waals surface area contributed by atoms with Crippen LogP contribution in [0.3, 0.4) is 0 Å². The average molecular weight is 354 g/mol. The zero-order chi connectivity index (χ0) is 17.6. The predicted molar refractivity (Wildman–Crippen MR) is 103 cm³/mol. The van der Waals surface area contributed by atoms with E-state index in [1.807, 2.05) is 25.1 Å². The fourth-order valence-corrected chi connectivity index (χ4v) is 3.88. The Morgan fingerprint density at radius 2 is 2.04 bits per heavy atom. The van der Waals surface area contributed by atoms with Crippen LogP contribution in [-0.4, -0.2) is 36.1 Å². The lowest BCUT2D eigenvalue weighted by atomic mass is 10.2. The lowest BCUT2D eigenvalue weighted by molar-refractivity contribution is 0.0956. The van der Waals surface area contributed by atoms with Crippen LogP contribution in [0.2, 0.25) is 0 Å². The van der Waals surface area contributed by atoms with Crippen LogP contribution in [0.5, 0.6) is 0 Å². The molecule has 0 radical (unpaired) electrons. The van der Waals surface area contributed by atoms with Crippen LogP contribution >= 0.6 is 11.3 Å². The summed E-state index contributed by atoms with van der Waals surface area (Å²) < 4.78 is 2.12. The maximum absolute atomic E-state index is 12.4. The number of hydrogen-bond acceptors (Lipinski definition) is 4. The van der Waals surface area contributed by atoms with E-state index in [9.17, 15) is 4.79 Å². The maximum atomic E-state index is 12.4. The monoisotopic (exact) mass is 354 g/mol. The Kier molecular flexibility index (Phi) is 4.00. The molecule has 1 aromatic carbocycles. The van der Waals surface area contributed by atoms with Crippen molar-refractivity contribution in [1.82, 2.24) is 14.9 Å². The van der Waals surface area contributed by atoms with Crippen molar-refractivity contribution in [3.8, 4) is 5.69 Å². The first kappa shape index (κ1) is 16.1. The smallest absolute Gasteiger partial charge is 0.261 e. The molecule has 5 nitrogen and oxygen atoms in total. The molecule has 6 heteroatoms. The number of nitrogens with one attached hydrogen (secondary N) is 1. The molecule has 0 spiro atoms. The molecule has 1 N–H and O–H groups in total. The van der Waals surface area contributed by atoms with Gasteiger partial charge in [-0.25, -0.2) is 4.98 Å². The summed E-state index contributed by atoms with van der Waals surface area (Å²) in [6.45, 7) is 2.86. The van der Waals surface area contributed by atoms with E-state index in [1.165, 1.54) is 29.7 Å². The van der Waals surface area contributed by atoms with E-state index in [2.05, 4.69) is 41.1 Å². The average Bonchev–Trinajstić information content (AvgIpc) is 3.21. The number of amides is 1. The molecular weight excluding hydrogens is 332 g/mol. The van der Waals surface area contributed by atoms with E-state index in [0.717, 1.165) is 33.4 Å². The van der Waals surface area contributed by atoms with Crippen molar-refractivity contribution in [2.24, 2.45) is 5.92 Å². The maximum Gasteiger partial charge on any atom is 0.261 e. The normalized spacial score (nSPS) is 14.0. The second-order valence-corrected chi connectivity index (χ2v) is 7.96. The number of carbonyl (C=O) groups is 1. The second kappa shape index (κ2) is 6.19. The number of thiophene rings is 1. The van der Waals surface area contributed by atoms with E-state index in [1.54, 1.807) is 0 Å². The van der Waals surface area contributed by atoms with Crippen LogP contribution in [0.15, 0.2) is 30.3 Å². The van der Waals surface area contributed by atoms with E-state index in [0.29, 0.717) is 5.92 Å². The first-order valence-corrected chi connectivity index (χ1v) is 9.39. The molecule has 2 aromatic heterocycles. The Hall–Kier alpha value is -2.34. The van der Waals surface area contributed by atoms with Gasteiger partial charge in [-0.2, -0.15) is 0 Å². The SMILES string of the molecule is Cc1ccc(-n2c(N(C)C)nc3cc(C(=O)NCC4CC4)sc32)cc1. The Balaban J connectivity index is 1.74. The Morgan fingerprint density at radius 1 is 1.32 bits per heavy atom. The van der Waals surface area contributed by atoms with Crippen LogP contribution in [0.25, 0.3) is 16.0 Å². The molecule has 0 atom stereocenters. The first-order chi connectivity index (χ1) is 12.0. The summed E-state index contributed by atoms with van der Waals surface area (Å²) in [4.78, 5) is 20.9. The van der Waals surface area contributed by atoms with Gasteiger partial charge in [-0.3, -0.25) is 9.36 Å². The molecule has 4 rings (SSSR count). The molecule has 1 saturated carbocycles. The minimum atomic E-state index is 0.0109. The van der Waals surface area contributed by atoms with Crippen LogP contribution in [-0.2, 0) is 0 Å². The zero-order valence-electron chi connectivity index (χ0n) is 14.7. The van der Waals surface area contributed by atoms with E-state index in [4.69, 9.17) is 4.98 Å². The third-order valence-electron chi connectivity index (χ3n) is 4.48. The highest BCUT2D eigenvalue weighted by Gasteiger charge is 2.23. The summed E-state index contributed by atoms with van der Waals surface area (Å²) in [6, 6.07) is 10.3. The summed E-state index contributed by atoms with van der Waals surface area (Å²) in [6.07, 6.45) is 2.47. The van der Waals surface area contributed by atoms with Crippen LogP contribution in [0, 0.1) is 12.8 Å². The predicted octanol–water partition coefficient (Wildman–Crippen LogP) is 3.60. The van der Waals surface area contributed by atoms with Crippen molar-refractivity contribution in [3.63, 3.8) is 0 Å². The molecule has 130 valence electrons.